The first-order valence-corrected chi connectivity index (χ1v) is 10.2. The minimum Gasteiger partial charge on any atom is -0.481 e. The molecule has 10 heteroatoms. The number of Topliss-reactive ketones (excluding diaryl/α,β-unsaturated/α-hetero) is 1. The summed E-state index contributed by atoms with van der Waals surface area (Å²) in [4.78, 5) is 37.0. The van der Waals surface area contributed by atoms with E-state index in [-0.39, 0.29) is 17.1 Å². The number of hydrogen-bond acceptors (Lipinski definition) is 7. The first kappa shape index (κ1) is 19.9. The van der Waals surface area contributed by atoms with Crippen LogP contribution in [0.2, 0.25) is 0 Å². The molecule has 0 spiro atoms. The van der Waals surface area contributed by atoms with Crippen molar-refractivity contribution >= 4 is 39.3 Å². The van der Waals surface area contributed by atoms with E-state index < -0.39 is 48.9 Å². The second-order valence-electron chi connectivity index (χ2n) is 6.99. The Morgan fingerprint density at radius 3 is 2.32 bits per heavy atom. The number of carbonyl (C=O) groups excluding carboxylic acids is 2. The van der Waals surface area contributed by atoms with Crippen molar-refractivity contribution < 1.29 is 32.6 Å². The van der Waals surface area contributed by atoms with Crippen LogP contribution < -0.4 is 0 Å². The third kappa shape index (κ3) is 3.11. The van der Waals surface area contributed by atoms with Crippen molar-refractivity contribution in [1.29, 1.82) is 0 Å². The summed E-state index contributed by atoms with van der Waals surface area (Å²) in [5, 5.41) is 7.58. The summed E-state index contributed by atoms with van der Waals surface area (Å²) < 4.78 is 29.6. The fourth-order valence-electron chi connectivity index (χ4n) is 2.90. The topological polar surface area (TPSA) is 118 Å². The number of carbonyl (C=O) groups is 3. The van der Waals surface area contributed by atoms with Crippen LogP contribution in [-0.4, -0.2) is 65.0 Å². The number of carboxylic acids is 1. The van der Waals surface area contributed by atoms with Crippen molar-refractivity contribution in [2.75, 3.05) is 12.9 Å². The number of nitrogens with zero attached hydrogens (tertiary/aromatic N) is 1. The van der Waals surface area contributed by atoms with Gasteiger partial charge in [-0.25, -0.2) is 8.42 Å². The molecule has 1 unspecified atom stereocenters. The number of ether oxygens (including phenoxy) is 1. The van der Waals surface area contributed by atoms with Crippen LogP contribution in [0.1, 0.15) is 27.7 Å². The zero-order chi connectivity index (χ0) is 19.3. The zero-order valence-electron chi connectivity index (χ0n) is 14.6. The van der Waals surface area contributed by atoms with Gasteiger partial charge in [-0.05, 0) is 12.5 Å². The average Bonchev–Trinajstić information content (AvgIpc) is 2.46. The van der Waals surface area contributed by atoms with Crippen molar-refractivity contribution in [2.24, 2.45) is 5.41 Å². The lowest BCUT2D eigenvalue weighted by atomic mass is 9.86. The standard InChI is InChI=1S/C15H21NO7S2/c1-7-9(11(19)15(2,3)4)16-12(20)10(23-5)13(16)25(21,22)14(7)24-6-8(17)18/h10,13-14H,6H2,1-5H3,(H,17,18)/t10-,13+,14?/m0/s1. The van der Waals surface area contributed by atoms with Crippen molar-refractivity contribution in [3.63, 3.8) is 0 Å². The Bertz CT molecular complexity index is 763. The maximum absolute atomic E-state index is 12.9. The average molecular weight is 391 g/mol. The highest BCUT2D eigenvalue weighted by atomic mass is 32.3. The predicted octanol–water partition coefficient (Wildman–Crippen LogP) is 0.631. The number of allylic oxidation sites excluding steroid dienone is 1. The second kappa shape index (κ2) is 6.40. The van der Waals surface area contributed by atoms with E-state index in [1.807, 2.05) is 0 Å². The number of hydrogen-bond donors (Lipinski definition) is 1. The summed E-state index contributed by atoms with van der Waals surface area (Å²) in [6.07, 6.45) is -1.19. The largest absolute Gasteiger partial charge is 0.481 e. The summed E-state index contributed by atoms with van der Waals surface area (Å²) in [7, 11) is -2.72. The van der Waals surface area contributed by atoms with Crippen LogP contribution in [-0.2, 0) is 29.0 Å². The number of β-lactam (4-membered cyclic amide) rings is 1. The molecule has 1 amide bonds. The Hall–Kier alpha value is -1.39. The van der Waals surface area contributed by atoms with E-state index in [2.05, 4.69) is 0 Å². The highest BCUT2D eigenvalue weighted by Crippen LogP contribution is 2.46. The number of aliphatic carboxylic acids is 1. The Labute approximate surface area is 150 Å². The van der Waals surface area contributed by atoms with E-state index in [1.54, 1.807) is 20.8 Å². The summed E-state index contributed by atoms with van der Waals surface area (Å²) in [5.41, 5.74) is -0.610. The molecule has 2 aliphatic rings. The monoisotopic (exact) mass is 391 g/mol. The maximum Gasteiger partial charge on any atom is 0.313 e. The van der Waals surface area contributed by atoms with Crippen LogP contribution in [0.15, 0.2) is 11.3 Å². The quantitative estimate of drug-likeness (QED) is 0.678. The van der Waals surface area contributed by atoms with Gasteiger partial charge in [-0.1, -0.05) is 20.8 Å². The molecular weight excluding hydrogens is 370 g/mol. The number of methoxy groups -OCH3 is 1. The number of amides is 1. The van der Waals surface area contributed by atoms with Gasteiger partial charge in [0.25, 0.3) is 5.91 Å². The third-order valence-corrected chi connectivity index (χ3v) is 8.47. The molecule has 1 saturated heterocycles. The van der Waals surface area contributed by atoms with Gasteiger partial charge >= 0.3 is 5.97 Å². The number of sulfone groups is 1. The fourth-order valence-corrected chi connectivity index (χ4v) is 6.79. The molecule has 0 aromatic rings. The molecule has 1 N–H and O–H groups in total. The number of fused-ring (bicyclic) bond motifs is 1. The van der Waals surface area contributed by atoms with Crippen LogP contribution in [0.4, 0.5) is 0 Å². The summed E-state index contributed by atoms with van der Waals surface area (Å²) in [5.74, 6) is -2.54. The van der Waals surface area contributed by atoms with E-state index in [4.69, 9.17) is 9.84 Å². The molecule has 8 nitrogen and oxygen atoms in total. The van der Waals surface area contributed by atoms with Crippen molar-refractivity contribution in [1.82, 2.24) is 4.90 Å². The molecule has 1 fully saturated rings. The lowest BCUT2D eigenvalue weighted by Crippen LogP contribution is -2.71. The van der Waals surface area contributed by atoms with E-state index in [9.17, 15) is 22.8 Å². The van der Waals surface area contributed by atoms with Gasteiger partial charge in [-0.15, -0.1) is 11.8 Å². The number of rotatable bonds is 5. The molecule has 0 bridgehead atoms. The highest BCUT2D eigenvalue weighted by molar-refractivity contribution is 8.14. The van der Waals surface area contributed by atoms with Crippen LogP contribution in [0.3, 0.4) is 0 Å². The number of carboxylic acid groups (broad SMARTS) is 1. The van der Waals surface area contributed by atoms with Gasteiger partial charge in [-0.3, -0.25) is 19.3 Å². The lowest BCUT2D eigenvalue weighted by molar-refractivity contribution is -0.161. The normalized spacial score (nSPS) is 28.4. The molecule has 0 aromatic carbocycles. The Kier molecular flexibility index (Phi) is 5.10. The first-order valence-electron chi connectivity index (χ1n) is 7.53. The highest BCUT2D eigenvalue weighted by Gasteiger charge is 2.63. The number of ketones is 1. The van der Waals surface area contributed by atoms with E-state index in [1.165, 1.54) is 14.0 Å². The Morgan fingerprint density at radius 2 is 1.88 bits per heavy atom. The van der Waals surface area contributed by atoms with Crippen molar-refractivity contribution in [3.8, 4) is 0 Å². The van der Waals surface area contributed by atoms with Crippen LogP contribution >= 0.6 is 11.8 Å². The zero-order valence-corrected chi connectivity index (χ0v) is 16.2. The van der Waals surface area contributed by atoms with E-state index in [0.29, 0.717) is 11.8 Å². The molecule has 2 rings (SSSR count). The van der Waals surface area contributed by atoms with Gasteiger partial charge < -0.3 is 9.84 Å². The van der Waals surface area contributed by atoms with Gasteiger partial charge in [0.15, 0.2) is 27.1 Å². The van der Waals surface area contributed by atoms with Crippen LogP contribution in [0.25, 0.3) is 0 Å². The van der Waals surface area contributed by atoms with Gasteiger partial charge in [0.1, 0.15) is 4.58 Å². The minimum absolute atomic E-state index is 0.0357. The summed E-state index contributed by atoms with van der Waals surface area (Å²) in [6.45, 7) is 6.47. The molecule has 140 valence electrons. The molecule has 0 saturated carbocycles. The molecule has 2 heterocycles. The van der Waals surface area contributed by atoms with Gasteiger partial charge in [0.05, 0.1) is 11.4 Å². The Balaban J connectivity index is 2.62. The SMILES string of the molecule is CO[C@H]1C(=O)N2C(C(=O)C(C)(C)C)=C(C)C(SCC(=O)O)S(=O)(=O)[C@H]12. The molecule has 0 aliphatic carbocycles. The van der Waals surface area contributed by atoms with Gasteiger partial charge in [0, 0.05) is 12.5 Å². The molecular formula is C15H21NO7S2. The maximum atomic E-state index is 12.9. The fraction of sp³-hybridized carbons (Fsp3) is 0.667. The van der Waals surface area contributed by atoms with Crippen molar-refractivity contribution in [3.05, 3.63) is 11.3 Å². The molecule has 0 aromatic heterocycles. The summed E-state index contributed by atoms with van der Waals surface area (Å²) >= 11 is 0.715. The van der Waals surface area contributed by atoms with E-state index >= 15 is 0 Å². The van der Waals surface area contributed by atoms with Crippen LogP contribution in [0.5, 0.6) is 0 Å². The smallest absolute Gasteiger partial charge is 0.313 e. The third-order valence-electron chi connectivity index (χ3n) is 4.11. The van der Waals surface area contributed by atoms with Gasteiger partial charge in [-0.2, -0.15) is 0 Å². The Morgan fingerprint density at radius 1 is 1.32 bits per heavy atom. The first-order chi connectivity index (χ1) is 11.4. The second-order valence-corrected chi connectivity index (χ2v) is 10.5. The molecule has 3 atom stereocenters. The molecule has 0 radical (unpaired) electrons. The number of thioether (sulfide) groups is 1. The van der Waals surface area contributed by atoms with Crippen molar-refractivity contribution in [2.45, 2.75) is 43.8 Å². The summed E-state index contributed by atoms with van der Waals surface area (Å²) in [6, 6.07) is 0. The lowest BCUT2D eigenvalue weighted by Gasteiger charge is -2.51. The predicted molar refractivity (Wildman–Crippen MR) is 91.4 cm³/mol. The van der Waals surface area contributed by atoms with Gasteiger partial charge in [0.2, 0.25) is 0 Å². The molecule has 25 heavy (non-hydrogen) atoms. The molecule has 2 aliphatic heterocycles. The van der Waals surface area contributed by atoms with E-state index in [0.717, 1.165) is 4.90 Å². The van der Waals surface area contributed by atoms with Crippen LogP contribution in [0, 0.1) is 5.41 Å². The minimum atomic E-state index is -3.95.